The minimum atomic E-state index is 0.463. The van der Waals surface area contributed by atoms with Crippen LogP contribution in [0.3, 0.4) is 0 Å². The smallest absolute Gasteiger partial charge is 0.213 e. The molecule has 72 valence electrons. The molecule has 0 saturated carbocycles. The number of guanidine groups is 1. The van der Waals surface area contributed by atoms with Crippen LogP contribution in [0.1, 0.15) is 11.7 Å². The largest absolute Gasteiger partial charge is 0.444 e. The van der Waals surface area contributed by atoms with Gasteiger partial charge in [0.2, 0.25) is 11.9 Å². The van der Waals surface area contributed by atoms with Crippen LogP contribution < -0.4 is 16.6 Å². The predicted octanol–water partition coefficient (Wildman–Crippen LogP) is -0.478. The van der Waals surface area contributed by atoms with Crippen LogP contribution in [0.25, 0.3) is 0 Å². The maximum absolute atomic E-state index is 5.23. The molecule has 1 aromatic rings. The number of hydrogen-bond donors (Lipinski definition) is 3. The van der Waals surface area contributed by atoms with Gasteiger partial charge in [-0.3, -0.25) is 10.4 Å². The summed E-state index contributed by atoms with van der Waals surface area (Å²) in [5, 5.41) is 2.91. The average Bonchev–Trinajstić information content (AvgIpc) is 2.53. The van der Waals surface area contributed by atoms with Gasteiger partial charge in [0.1, 0.15) is 5.76 Å². The Kier molecular flexibility index (Phi) is 3.27. The molecule has 0 unspecified atom stereocenters. The van der Waals surface area contributed by atoms with Crippen molar-refractivity contribution in [3.05, 3.63) is 17.8 Å². The second kappa shape index (κ2) is 4.46. The lowest BCUT2D eigenvalue weighted by Crippen LogP contribution is -2.41. The quantitative estimate of drug-likeness (QED) is 0.249. The lowest BCUT2D eigenvalue weighted by Gasteiger charge is -2.04. The minimum Gasteiger partial charge on any atom is -0.444 e. The van der Waals surface area contributed by atoms with E-state index in [9.17, 15) is 0 Å². The molecule has 0 bridgehead atoms. The minimum absolute atomic E-state index is 0.463. The van der Waals surface area contributed by atoms with E-state index in [4.69, 9.17) is 10.3 Å². The number of nitrogens with one attached hydrogen (secondary N) is 2. The van der Waals surface area contributed by atoms with Crippen molar-refractivity contribution in [2.45, 2.75) is 13.5 Å². The first-order valence-electron chi connectivity index (χ1n) is 3.85. The number of aromatic nitrogens is 1. The summed E-state index contributed by atoms with van der Waals surface area (Å²) in [6.45, 7) is 2.30. The molecule has 0 saturated heterocycles. The van der Waals surface area contributed by atoms with Gasteiger partial charge in [0.05, 0.1) is 12.7 Å². The third-order valence-corrected chi connectivity index (χ3v) is 1.44. The molecule has 0 aromatic carbocycles. The van der Waals surface area contributed by atoms with Crippen LogP contribution in [-0.2, 0) is 6.54 Å². The summed E-state index contributed by atoms with van der Waals surface area (Å²) in [7, 11) is 1.63. The summed E-state index contributed by atoms with van der Waals surface area (Å²) in [4.78, 5) is 7.83. The molecular weight excluding hydrogens is 170 g/mol. The zero-order valence-electron chi connectivity index (χ0n) is 7.66. The van der Waals surface area contributed by atoms with Gasteiger partial charge in [-0.1, -0.05) is 0 Å². The highest BCUT2D eigenvalue weighted by Gasteiger charge is 2.00. The van der Waals surface area contributed by atoms with Gasteiger partial charge in [-0.2, -0.15) is 0 Å². The third-order valence-electron chi connectivity index (χ3n) is 1.44. The van der Waals surface area contributed by atoms with Crippen molar-refractivity contribution < 1.29 is 4.42 Å². The number of hydrogen-bond acceptors (Lipinski definition) is 4. The van der Waals surface area contributed by atoms with Crippen molar-refractivity contribution in [3.63, 3.8) is 0 Å². The fourth-order valence-corrected chi connectivity index (χ4v) is 0.837. The third kappa shape index (κ3) is 2.75. The zero-order chi connectivity index (χ0) is 9.68. The standard InChI is InChI=1S/C7H13N5O/c1-5-3-10-6(13-5)4-11-7(9-2)12-8/h3H,4,8H2,1-2H3,(H2,9,11,12). The Morgan fingerprint density at radius 2 is 2.54 bits per heavy atom. The molecule has 0 fully saturated rings. The highest BCUT2D eigenvalue weighted by atomic mass is 16.4. The lowest BCUT2D eigenvalue weighted by atomic mass is 10.6. The zero-order valence-corrected chi connectivity index (χ0v) is 7.66. The highest BCUT2D eigenvalue weighted by molar-refractivity contribution is 5.78. The topological polar surface area (TPSA) is 88.5 Å². The maximum atomic E-state index is 5.23. The Morgan fingerprint density at radius 3 is 3.00 bits per heavy atom. The molecule has 0 aliphatic rings. The molecule has 0 atom stereocenters. The number of aryl methyl sites for hydroxylation is 1. The fourth-order valence-electron chi connectivity index (χ4n) is 0.837. The molecule has 6 heteroatoms. The number of aliphatic imine (C=N–C) groups is 1. The molecular formula is C7H13N5O. The molecule has 0 aliphatic carbocycles. The molecule has 0 spiro atoms. The van der Waals surface area contributed by atoms with E-state index in [1.165, 1.54) is 0 Å². The molecule has 0 amide bonds. The van der Waals surface area contributed by atoms with Crippen molar-refractivity contribution in [1.82, 2.24) is 15.7 Å². The Hall–Kier alpha value is -1.56. The summed E-state index contributed by atoms with van der Waals surface area (Å²) in [5.41, 5.74) is 2.40. The first-order valence-corrected chi connectivity index (χ1v) is 3.85. The second-order valence-corrected chi connectivity index (χ2v) is 2.43. The van der Waals surface area contributed by atoms with Crippen LogP contribution >= 0.6 is 0 Å². The van der Waals surface area contributed by atoms with Gasteiger partial charge >= 0.3 is 0 Å². The van der Waals surface area contributed by atoms with E-state index in [-0.39, 0.29) is 0 Å². The van der Waals surface area contributed by atoms with Gasteiger partial charge in [0.25, 0.3) is 0 Å². The number of nitrogens with two attached hydrogens (primary N) is 1. The van der Waals surface area contributed by atoms with Crippen molar-refractivity contribution in [3.8, 4) is 0 Å². The van der Waals surface area contributed by atoms with Gasteiger partial charge in [0, 0.05) is 7.05 Å². The average molecular weight is 183 g/mol. The molecule has 0 aliphatic heterocycles. The van der Waals surface area contributed by atoms with Crippen molar-refractivity contribution in [2.75, 3.05) is 7.05 Å². The summed E-state index contributed by atoms with van der Waals surface area (Å²) >= 11 is 0. The van der Waals surface area contributed by atoms with E-state index in [1.807, 2.05) is 6.92 Å². The number of oxazole rings is 1. The summed E-state index contributed by atoms with van der Waals surface area (Å²) in [5.74, 6) is 7.04. The SMILES string of the molecule is CN=C(NN)NCc1ncc(C)o1. The van der Waals surface area contributed by atoms with Crippen molar-refractivity contribution in [2.24, 2.45) is 10.8 Å². The first kappa shape index (κ1) is 9.53. The Bertz CT molecular complexity index is 293. The van der Waals surface area contributed by atoms with Crippen LogP contribution in [0, 0.1) is 6.92 Å². The van der Waals surface area contributed by atoms with Crippen molar-refractivity contribution >= 4 is 5.96 Å². The van der Waals surface area contributed by atoms with E-state index < -0.39 is 0 Å². The van der Waals surface area contributed by atoms with Crippen LogP contribution in [0.2, 0.25) is 0 Å². The van der Waals surface area contributed by atoms with Crippen LogP contribution in [0.15, 0.2) is 15.6 Å². The van der Waals surface area contributed by atoms with Crippen LogP contribution in [-0.4, -0.2) is 18.0 Å². The molecule has 13 heavy (non-hydrogen) atoms. The first-order chi connectivity index (χ1) is 6.26. The maximum Gasteiger partial charge on any atom is 0.213 e. The normalized spacial score (nSPS) is 11.5. The van der Waals surface area contributed by atoms with E-state index in [0.717, 1.165) is 5.76 Å². The van der Waals surface area contributed by atoms with Gasteiger partial charge in [-0.25, -0.2) is 10.8 Å². The van der Waals surface area contributed by atoms with Crippen LogP contribution in [0.5, 0.6) is 0 Å². The van der Waals surface area contributed by atoms with Crippen LogP contribution in [0.4, 0.5) is 0 Å². The number of rotatable bonds is 2. The summed E-state index contributed by atoms with van der Waals surface area (Å²) < 4.78 is 5.23. The summed E-state index contributed by atoms with van der Waals surface area (Å²) in [6.07, 6.45) is 1.66. The predicted molar refractivity (Wildman–Crippen MR) is 48.8 cm³/mol. The van der Waals surface area contributed by atoms with E-state index in [2.05, 4.69) is 20.7 Å². The lowest BCUT2D eigenvalue weighted by molar-refractivity contribution is 0.464. The van der Waals surface area contributed by atoms with E-state index >= 15 is 0 Å². The van der Waals surface area contributed by atoms with Gasteiger partial charge < -0.3 is 9.73 Å². The molecule has 6 nitrogen and oxygen atoms in total. The fraction of sp³-hybridized carbons (Fsp3) is 0.429. The second-order valence-electron chi connectivity index (χ2n) is 2.43. The Balaban J connectivity index is 2.43. The highest BCUT2D eigenvalue weighted by Crippen LogP contribution is 1.99. The van der Waals surface area contributed by atoms with Gasteiger partial charge in [-0.05, 0) is 6.92 Å². The molecule has 1 heterocycles. The van der Waals surface area contributed by atoms with Gasteiger partial charge in [-0.15, -0.1) is 0 Å². The van der Waals surface area contributed by atoms with Crippen molar-refractivity contribution in [1.29, 1.82) is 0 Å². The van der Waals surface area contributed by atoms with E-state index in [0.29, 0.717) is 18.4 Å². The molecule has 1 rings (SSSR count). The molecule has 4 N–H and O–H groups in total. The monoisotopic (exact) mass is 183 g/mol. The molecule has 1 aromatic heterocycles. The van der Waals surface area contributed by atoms with Gasteiger partial charge in [0.15, 0.2) is 0 Å². The Morgan fingerprint density at radius 1 is 1.77 bits per heavy atom. The van der Waals surface area contributed by atoms with E-state index in [1.54, 1.807) is 13.2 Å². The number of hydrazine groups is 1. The molecule has 0 radical (unpaired) electrons. The summed E-state index contributed by atoms with van der Waals surface area (Å²) in [6, 6.07) is 0. The Labute approximate surface area is 76.2 Å². The number of nitrogens with zero attached hydrogens (tertiary/aromatic N) is 2.